The van der Waals surface area contributed by atoms with Crippen LogP contribution in [0.25, 0.3) is 0 Å². The van der Waals surface area contributed by atoms with Crippen molar-refractivity contribution in [3.05, 3.63) is 29.3 Å². The molecule has 0 aromatic heterocycles. The molecule has 0 saturated heterocycles. The molecule has 0 aliphatic rings. The molecule has 1 rings (SSSR count). The van der Waals surface area contributed by atoms with Gasteiger partial charge in [0, 0.05) is 12.3 Å². The molecule has 0 bridgehead atoms. The van der Waals surface area contributed by atoms with E-state index in [4.69, 9.17) is 16.9 Å². The molecule has 1 aromatic carbocycles. The number of unbranched alkanes of at least 4 members (excludes halogenated alkanes) is 1. The number of amides is 1. The van der Waals surface area contributed by atoms with Crippen molar-refractivity contribution in [3.8, 4) is 6.07 Å². The van der Waals surface area contributed by atoms with E-state index in [0.717, 1.165) is 18.4 Å². The Morgan fingerprint density at radius 1 is 1.47 bits per heavy atom. The van der Waals surface area contributed by atoms with Crippen LogP contribution in [-0.2, 0) is 4.79 Å². The van der Waals surface area contributed by atoms with Crippen LogP contribution in [0.1, 0.15) is 30.4 Å². The van der Waals surface area contributed by atoms with Crippen molar-refractivity contribution < 1.29 is 4.79 Å². The van der Waals surface area contributed by atoms with Crippen LogP contribution in [0.2, 0.25) is 0 Å². The molecule has 1 N–H and O–H groups in total. The second kappa shape index (κ2) is 6.93. The normalized spacial score (nSPS) is 9.71. The summed E-state index contributed by atoms with van der Waals surface area (Å²) in [7, 11) is 0. The largest absolute Gasteiger partial charge is 0.325 e. The number of halogens is 1. The molecule has 0 atom stereocenters. The van der Waals surface area contributed by atoms with Crippen LogP contribution in [0, 0.1) is 18.3 Å². The lowest BCUT2D eigenvalue weighted by Gasteiger charge is -2.08. The van der Waals surface area contributed by atoms with Gasteiger partial charge in [-0.05, 0) is 31.4 Å². The van der Waals surface area contributed by atoms with Gasteiger partial charge in [0.05, 0.1) is 11.3 Å². The van der Waals surface area contributed by atoms with Crippen molar-refractivity contribution in [1.29, 1.82) is 5.26 Å². The average Bonchev–Trinajstić information content (AvgIpc) is 2.29. The van der Waals surface area contributed by atoms with Crippen LogP contribution in [0.15, 0.2) is 18.2 Å². The highest BCUT2D eigenvalue weighted by Gasteiger charge is 2.08. The Kier molecular flexibility index (Phi) is 5.51. The van der Waals surface area contributed by atoms with Crippen molar-refractivity contribution in [3.63, 3.8) is 0 Å². The molecule has 1 amide bonds. The number of carbonyl (C=O) groups excluding carboxylic acids is 1. The molecule has 4 heteroatoms. The van der Waals surface area contributed by atoms with Crippen molar-refractivity contribution >= 4 is 23.2 Å². The zero-order chi connectivity index (χ0) is 12.7. The standard InChI is InChI=1S/C13H15ClN2O/c1-10-5-4-6-12(11(10)9-15)16-13(17)7-2-3-8-14/h4-6H,2-3,7-8H2,1H3,(H,16,17). The first-order valence-corrected chi connectivity index (χ1v) is 6.08. The summed E-state index contributed by atoms with van der Waals surface area (Å²) in [6, 6.07) is 7.51. The third-order valence-electron chi connectivity index (χ3n) is 2.45. The Labute approximate surface area is 106 Å². The Hall–Kier alpha value is -1.53. The summed E-state index contributed by atoms with van der Waals surface area (Å²) in [6.45, 7) is 1.85. The minimum absolute atomic E-state index is 0.0720. The zero-order valence-corrected chi connectivity index (χ0v) is 10.5. The van der Waals surface area contributed by atoms with Crippen LogP contribution in [0.4, 0.5) is 5.69 Å². The lowest BCUT2D eigenvalue weighted by Crippen LogP contribution is -2.12. The van der Waals surface area contributed by atoms with Gasteiger partial charge in [-0.25, -0.2) is 0 Å². The number of nitriles is 1. The summed E-state index contributed by atoms with van der Waals surface area (Å²) in [5, 5.41) is 11.8. The van der Waals surface area contributed by atoms with Gasteiger partial charge in [-0.3, -0.25) is 4.79 Å². The maximum atomic E-state index is 11.6. The van der Waals surface area contributed by atoms with Gasteiger partial charge >= 0.3 is 0 Å². The van der Waals surface area contributed by atoms with Crippen LogP contribution in [0.3, 0.4) is 0 Å². The van der Waals surface area contributed by atoms with E-state index >= 15 is 0 Å². The number of rotatable bonds is 5. The molecule has 0 spiro atoms. The molecule has 3 nitrogen and oxygen atoms in total. The van der Waals surface area contributed by atoms with Crippen LogP contribution in [-0.4, -0.2) is 11.8 Å². The molecule has 17 heavy (non-hydrogen) atoms. The minimum atomic E-state index is -0.0720. The number of hydrogen-bond acceptors (Lipinski definition) is 2. The highest BCUT2D eigenvalue weighted by molar-refractivity contribution is 6.17. The van der Waals surface area contributed by atoms with Crippen LogP contribution >= 0.6 is 11.6 Å². The summed E-state index contributed by atoms with van der Waals surface area (Å²) in [4.78, 5) is 11.6. The molecule has 0 fully saturated rings. The van der Waals surface area contributed by atoms with Gasteiger partial charge in [-0.1, -0.05) is 12.1 Å². The van der Waals surface area contributed by atoms with Gasteiger partial charge in [0.2, 0.25) is 5.91 Å². The average molecular weight is 251 g/mol. The predicted octanol–water partition coefficient (Wildman–Crippen LogP) is 3.21. The Bertz CT molecular complexity index is 438. The van der Waals surface area contributed by atoms with E-state index in [9.17, 15) is 4.79 Å². The first-order valence-electron chi connectivity index (χ1n) is 5.54. The van der Waals surface area contributed by atoms with E-state index in [2.05, 4.69) is 11.4 Å². The van der Waals surface area contributed by atoms with Crippen LogP contribution in [0.5, 0.6) is 0 Å². The fourth-order valence-corrected chi connectivity index (χ4v) is 1.70. The van der Waals surface area contributed by atoms with Gasteiger partial charge in [-0.15, -0.1) is 11.6 Å². The highest BCUT2D eigenvalue weighted by atomic mass is 35.5. The number of benzene rings is 1. The second-order valence-electron chi connectivity index (χ2n) is 3.80. The number of anilines is 1. The van der Waals surface area contributed by atoms with Gasteiger partial charge in [0.1, 0.15) is 6.07 Å². The lowest BCUT2D eigenvalue weighted by atomic mass is 10.1. The topological polar surface area (TPSA) is 52.9 Å². The Balaban J connectivity index is 2.66. The van der Waals surface area contributed by atoms with Crippen LogP contribution < -0.4 is 5.32 Å². The molecule has 0 heterocycles. The van der Waals surface area contributed by atoms with Crippen molar-refractivity contribution in [2.75, 3.05) is 11.2 Å². The maximum Gasteiger partial charge on any atom is 0.224 e. The number of nitrogens with one attached hydrogen (secondary N) is 1. The third kappa shape index (κ3) is 4.08. The smallest absolute Gasteiger partial charge is 0.224 e. The van der Waals surface area contributed by atoms with Gasteiger partial charge in [0.15, 0.2) is 0 Å². The summed E-state index contributed by atoms with van der Waals surface area (Å²) in [5.41, 5.74) is 1.98. The second-order valence-corrected chi connectivity index (χ2v) is 4.18. The zero-order valence-electron chi connectivity index (χ0n) is 9.79. The number of carbonyl (C=O) groups is 1. The molecule has 0 aliphatic heterocycles. The molecule has 0 saturated carbocycles. The molecule has 0 aliphatic carbocycles. The predicted molar refractivity (Wildman–Crippen MR) is 69.1 cm³/mol. The summed E-state index contributed by atoms with van der Waals surface area (Å²) < 4.78 is 0. The first kappa shape index (κ1) is 13.5. The fourth-order valence-electron chi connectivity index (χ4n) is 1.51. The van der Waals surface area contributed by atoms with E-state index in [-0.39, 0.29) is 5.91 Å². The van der Waals surface area contributed by atoms with E-state index in [1.165, 1.54) is 0 Å². The van der Waals surface area contributed by atoms with Gasteiger partial charge < -0.3 is 5.32 Å². The Morgan fingerprint density at radius 3 is 2.88 bits per heavy atom. The highest BCUT2D eigenvalue weighted by Crippen LogP contribution is 2.18. The molecular formula is C13H15ClN2O. The van der Waals surface area contributed by atoms with E-state index in [1.807, 2.05) is 19.1 Å². The summed E-state index contributed by atoms with van der Waals surface area (Å²) >= 11 is 5.54. The third-order valence-corrected chi connectivity index (χ3v) is 2.71. The SMILES string of the molecule is Cc1cccc(NC(=O)CCCCCl)c1C#N. The number of aryl methyl sites for hydroxylation is 1. The van der Waals surface area contributed by atoms with E-state index in [1.54, 1.807) is 6.07 Å². The van der Waals surface area contributed by atoms with Crippen molar-refractivity contribution in [1.82, 2.24) is 0 Å². The molecule has 0 unspecified atom stereocenters. The fraction of sp³-hybridized carbons (Fsp3) is 0.385. The van der Waals surface area contributed by atoms with Crippen molar-refractivity contribution in [2.45, 2.75) is 26.2 Å². The number of hydrogen-bond donors (Lipinski definition) is 1. The van der Waals surface area contributed by atoms with Gasteiger partial charge in [-0.2, -0.15) is 5.26 Å². The lowest BCUT2D eigenvalue weighted by molar-refractivity contribution is -0.116. The summed E-state index contributed by atoms with van der Waals surface area (Å²) in [6.07, 6.45) is 2.03. The number of alkyl halides is 1. The molecule has 0 radical (unpaired) electrons. The first-order chi connectivity index (χ1) is 8.19. The minimum Gasteiger partial charge on any atom is -0.325 e. The monoisotopic (exact) mass is 250 g/mol. The summed E-state index contributed by atoms with van der Waals surface area (Å²) in [5.74, 6) is 0.499. The quantitative estimate of drug-likeness (QED) is 0.644. The van der Waals surface area contributed by atoms with Crippen molar-refractivity contribution in [2.24, 2.45) is 0 Å². The Morgan fingerprint density at radius 2 is 2.24 bits per heavy atom. The molecule has 1 aromatic rings. The number of nitrogens with zero attached hydrogens (tertiary/aromatic N) is 1. The maximum absolute atomic E-state index is 11.6. The molecule has 90 valence electrons. The van der Waals surface area contributed by atoms with E-state index in [0.29, 0.717) is 23.6 Å². The van der Waals surface area contributed by atoms with E-state index < -0.39 is 0 Å². The van der Waals surface area contributed by atoms with Gasteiger partial charge in [0.25, 0.3) is 0 Å². The molecular weight excluding hydrogens is 236 g/mol.